The van der Waals surface area contributed by atoms with Crippen LogP contribution in [0, 0.1) is 0 Å². The van der Waals surface area contributed by atoms with E-state index in [0.717, 1.165) is 25.0 Å². The number of rotatable bonds is 3. The summed E-state index contributed by atoms with van der Waals surface area (Å²) in [6, 6.07) is 0.00838. The van der Waals surface area contributed by atoms with Gasteiger partial charge in [0.25, 0.3) is 0 Å². The zero-order valence-corrected chi connectivity index (χ0v) is 7.86. The molecule has 2 rings (SSSR count). The van der Waals surface area contributed by atoms with Crippen molar-refractivity contribution in [2.75, 3.05) is 6.61 Å². The minimum Gasteiger partial charge on any atom is -0.501 e. The van der Waals surface area contributed by atoms with Gasteiger partial charge in [-0.25, -0.2) is 5.43 Å². The number of ether oxygens (including phenoxy) is 1. The van der Waals surface area contributed by atoms with Crippen molar-refractivity contribution >= 4 is 0 Å². The van der Waals surface area contributed by atoms with E-state index in [4.69, 9.17) is 10.6 Å². The molecule has 1 aromatic rings. The van der Waals surface area contributed by atoms with Crippen LogP contribution in [0.4, 0.5) is 0 Å². The third-order valence-electron chi connectivity index (χ3n) is 2.35. The fraction of sp³-hybridized carbons (Fsp3) is 0.444. The second-order valence-corrected chi connectivity index (χ2v) is 3.30. The molecule has 0 saturated carbocycles. The topological polar surface area (TPSA) is 76.0 Å². The molecule has 5 heteroatoms. The maximum atomic E-state index is 5.51. The molecule has 1 atom stereocenters. The number of nitrogens with two attached hydrogens (primary N) is 1. The lowest BCUT2D eigenvalue weighted by molar-refractivity contribution is 0.219. The molecular formula is C9H14N4O. The van der Waals surface area contributed by atoms with E-state index in [1.807, 2.05) is 6.20 Å². The summed E-state index contributed by atoms with van der Waals surface area (Å²) in [7, 11) is 0. The summed E-state index contributed by atoms with van der Waals surface area (Å²) in [4.78, 5) is 0. The molecule has 14 heavy (non-hydrogen) atoms. The predicted octanol–water partition coefficient (Wildman–Crippen LogP) is 0.608. The molecule has 2 heterocycles. The molecule has 0 amide bonds. The minimum atomic E-state index is 0.00838. The number of aromatic amines is 1. The highest BCUT2D eigenvalue weighted by Crippen LogP contribution is 2.25. The van der Waals surface area contributed by atoms with Crippen LogP contribution in [0.25, 0.3) is 0 Å². The number of aromatic nitrogens is 2. The minimum absolute atomic E-state index is 0.00838. The number of nitrogens with zero attached hydrogens (tertiary/aromatic N) is 1. The number of nitrogens with one attached hydrogen (secondary N) is 2. The van der Waals surface area contributed by atoms with Gasteiger partial charge >= 0.3 is 0 Å². The molecule has 0 aromatic carbocycles. The zero-order valence-electron chi connectivity index (χ0n) is 7.86. The van der Waals surface area contributed by atoms with E-state index in [2.05, 4.69) is 15.6 Å². The molecule has 1 aromatic heterocycles. The van der Waals surface area contributed by atoms with Crippen LogP contribution in [0.1, 0.15) is 24.4 Å². The van der Waals surface area contributed by atoms with E-state index in [1.165, 1.54) is 5.57 Å². The summed E-state index contributed by atoms with van der Waals surface area (Å²) in [5.41, 5.74) is 4.96. The van der Waals surface area contributed by atoms with Crippen LogP contribution in [0.15, 0.2) is 24.2 Å². The van der Waals surface area contributed by atoms with Crippen LogP contribution in [-0.4, -0.2) is 16.8 Å². The predicted molar refractivity (Wildman–Crippen MR) is 51.9 cm³/mol. The van der Waals surface area contributed by atoms with Gasteiger partial charge in [0.2, 0.25) is 0 Å². The Labute approximate surface area is 82.3 Å². The highest BCUT2D eigenvalue weighted by molar-refractivity contribution is 5.23. The maximum absolute atomic E-state index is 5.51. The summed E-state index contributed by atoms with van der Waals surface area (Å²) < 4.78 is 5.27. The zero-order chi connectivity index (χ0) is 9.80. The van der Waals surface area contributed by atoms with Gasteiger partial charge in [-0.05, 0) is 18.4 Å². The fourth-order valence-electron chi connectivity index (χ4n) is 1.63. The monoisotopic (exact) mass is 194 g/mol. The van der Waals surface area contributed by atoms with E-state index >= 15 is 0 Å². The number of hydrogen-bond donors (Lipinski definition) is 3. The Kier molecular flexibility index (Phi) is 2.81. The van der Waals surface area contributed by atoms with E-state index < -0.39 is 0 Å². The smallest absolute Gasteiger partial charge is 0.0876 e. The fourth-order valence-corrected chi connectivity index (χ4v) is 1.63. The van der Waals surface area contributed by atoms with Crippen LogP contribution >= 0.6 is 0 Å². The van der Waals surface area contributed by atoms with Gasteiger partial charge < -0.3 is 4.74 Å². The molecule has 0 spiro atoms. The van der Waals surface area contributed by atoms with Gasteiger partial charge in [0.05, 0.1) is 25.1 Å². The molecule has 76 valence electrons. The van der Waals surface area contributed by atoms with Gasteiger partial charge in [0.15, 0.2) is 0 Å². The van der Waals surface area contributed by atoms with Gasteiger partial charge in [-0.1, -0.05) is 0 Å². The van der Waals surface area contributed by atoms with E-state index in [9.17, 15) is 0 Å². The van der Waals surface area contributed by atoms with Crippen molar-refractivity contribution in [3.8, 4) is 0 Å². The molecule has 0 fully saturated rings. The van der Waals surface area contributed by atoms with Crippen LogP contribution < -0.4 is 11.3 Å². The van der Waals surface area contributed by atoms with Gasteiger partial charge in [0, 0.05) is 11.8 Å². The summed E-state index contributed by atoms with van der Waals surface area (Å²) in [5, 5.41) is 6.67. The first-order chi connectivity index (χ1) is 6.92. The highest BCUT2D eigenvalue weighted by atomic mass is 16.5. The first kappa shape index (κ1) is 9.23. The summed E-state index contributed by atoms with van der Waals surface area (Å²) >= 11 is 0. The molecule has 0 radical (unpaired) electrons. The lowest BCUT2D eigenvalue weighted by atomic mass is 9.98. The van der Waals surface area contributed by atoms with Crippen molar-refractivity contribution in [2.24, 2.45) is 5.84 Å². The number of H-pyrrole nitrogens is 1. The van der Waals surface area contributed by atoms with Crippen LogP contribution in [-0.2, 0) is 4.74 Å². The Morgan fingerprint density at radius 2 is 2.57 bits per heavy atom. The van der Waals surface area contributed by atoms with E-state index in [0.29, 0.717) is 0 Å². The summed E-state index contributed by atoms with van der Waals surface area (Å²) in [6.45, 7) is 0.798. The molecule has 1 aliphatic rings. The highest BCUT2D eigenvalue weighted by Gasteiger charge is 2.18. The third-order valence-corrected chi connectivity index (χ3v) is 2.35. The van der Waals surface area contributed by atoms with Crippen molar-refractivity contribution in [1.29, 1.82) is 0 Å². The summed E-state index contributed by atoms with van der Waals surface area (Å²) in [5.74, 6) is 5.51. The number of hydrogen-bond acceptors (Lipinski definition) is 4. The molecular weight excluding hydrogens is 180 g/mol. The van der Waals surface area contributed by atoms with E-state index in [1.54, 1.807) is 12.5 Å². The quantitative estimate of drug-likeness (QED) is 0.486. The molecule has 0 aliphatic carbocycles. The van der Waals surface area contributed by atoms with Gasteiger partial charge in [-0.15, -0.1) is 0 Å². The second kappa shape index (κ2) is 4.26. The largest absolute Gasteiger partial charge is 0.501 e. The molecule has 1 aliphatic heterocycles. The average molecular weight is 194 g/mol. The standard InChI is InChI=1S/C9H14N4O/c10-13-9(8-4-11-12-5-8)7-2-1-3-14-6-7/h4-6,9,13H,1-3,10H2,(H,11,12). The summed E-state index contributed by atoms with van der Waals surface area (Å²) in [6.07, 6.45) is 7.45. The lowest BCUT2D eigenvalue weighted by Gasteiger charge is -2.21. The van der Waals surface area contributed by atoms with Gasteiger partial charge in [-0.2, -0.15) is 5.10 Å². The lowest BCUT2D eigenvalue weighted by Crippen LogP contribution is -2.30. The molecule has 0 saturated heterocycles. The Balaban J connectivity index is 2.16. The van der Waals surface area contributed by atoms with Gasteiger partial charge in [-0.3, -0.25) is 10.9 Å². The van der Waals surface area contributed by atoms with Crippen LogP contribution in [0.2, 0.25) is 0 Å². The molecule has 0 bridgehead atoms. The Bertz CT molecular complexity index is 307. The van der Waals surface area contributed by atoms with Crippen molar-refractivity contribution in [2.45, 2.75) is 18.9 Å². The normalized spacial score (nSPS) is 18.5. The SMILES string of the molecule is NNC(C1=COCCC1)c1cn[nH]c1. The Hall–Kier alpha value is -1.33. The van der Waals surface area contributed by atoms with E-state index in [-0.39, 0.29) is 6.04 Å². The second-order valence-electron chi connectivity index (χ2n) is 3.30. The third kappa shape index (κ3) is 1.78. The molecule has 4 N–H and O–H groups in total. The van der Waals surface area contributed by atoms with Crippen LogP contribution in [0.5, 0.6) is 0 Å². The first-order valence-corrected chi connectivity index (χ1v) is 4.67. The maximum Gasteiger partial charge on any atom is 0.0876 e. The Morgan fingerprint density at radius 3 is 3.14 bits per heavy atom. The van der Waals surface area contributed by atoms with Crippen molar-refractivity contribution < 1.29 is 4.74 Å². The number of hydrazine groups is 1. The Morgan fingerprint density at radius 1 is 1.64 bits per heavy atom. The van der Waals surface area contributed by atoms with Crippen molar-refractivity contribution in [1.82, 2.24) is 15.6 Å². The van der Waals surface area contributed by atoms with Crippen molar-refractivity contribution in [3.63, 3.8) is 0 Å². The molecule has 5 nitrogen and oxygen atoms in total. The van der Waals surface area contributed by atoms with Crippen molar-refractivity contribution in [3.05, 3.63) is 29.8 Å². The first-order valence-electron chi connectivity index (χ1n) is 4.67. The average Bonchev–Trinajstić information content (AvgIpc) is 2.74. The molecule has 1 unspecified atom stereocenters. The van der Waals surface area contributed by atoms with Gasteiger partial charge in [0.1, 0.15) is 0 Å². The van der Waals surface area contributed by atoms with Crippen LogP contribution in [0.3, 0.4) is 0 Å².